The topological polar surface area (TPSA) is 55.8 Å². The number of carbonyl (C=O) groups excluding carboxylic acids is 2. The van der Waals surface area contributed by atoms with Crippen LogP contribution in [0.4, 0.5) is 0 Å². The molecule has 1 unspecified atom stereocenters. The van der Waals surface area contributed by atoms with Crippen molar-refractivity contribution in [3.8, 4) is 11.5 Å². The Morgan fingerprint density at radius 1 is 0.939 bits per heavy atom. The molecule has 2 heterocycles. The van der Waals surface area contributed by atoms with Crippen LogP contribution in [-0.2, 0) is 17.8 Å². The van der Waals surface area contributed by atoms with Crippen LogP contribution in [0.2, 0.25) is 0 Å². The predicted molar refractivity (Wildman–Crippen MR) is 125 cm³/mol. The number of fused-ring (bicyclic) bond motifs is 1. The highest BCUT2D eigenvalue weighted by atomic mass is 16.5. The minimum atomic E-state index is -0.584. The molecular formula is C28H27NO4. The molecule has 3 aromatic carbocycles. The van der Waals surface area contributed by atoms with Gasteiger partial charge in [-0.2, -0.15) is 0 Å². The number of carbonyl (C=O) groups is 2. The van der Waals surface area contributed by atoms with Crippen LogP contribution in [0.1, 0.15) is 40.7 Å². The van der Waals surface area contributed by atoms with Crippen LogP contribution in [0.5, 0.6) is 11.5 Å². The zero-order valence-electron chi connectivity index (χ0n) is 18.5. The van der Waals surface area contributed by atoms with Gasteiger partial charge in [0.1, 0.15) is 23.7 Å². The van der Waals surface area contributed by atoms with Gasteiger partial charge in [-0.15, -0.1) is 0 Å². The van der Waals surface area contributed by atoms with E-state index in [1.54, 1.807) is 6.07 Å². The lowest BCUT2D eigenvalue weighted by Crippen LogP contribution is -2.45. The molecule has 5 heteroatoms. The summed E-state index contributed by atoms with van der Waals surface area (Å²) in [4.78, 5) is 27.3. The van der Waals surface area contributed by atoms with E-state index in [-0.39, 0.29) is 11.7 Å². The van der Waals surface area contributed by atoms with Crippen LogP contribution in [0.15, 0.2) is 78.9 Å². The number of para-hydroxylation sites is 1. The molecule has 0 bridgehead atoms. The minimum Gasteiger partial charge on any atom is -0.489 e. The number of Topliss-reactive ketones (excluding diaryl/α,β-unsaturated/α-hetero) is 1. The van der Waals surface area contributed by atoms with E-state index in [1.165, 1.54) is 0 Å². The van der Waals surface area contributed by atoms with E-state index in [1.807, 2.05) is 77.7 Å². The third kappa shape index (κ3) is 4.77. The van der Waals surface area contributed by atoms with Crippen molar-refractivity contribution in [2.45, 2.75) is 37.9 Å². The second-order valence-electron chi connectivity index (χ2n) is 8.86. The molecule has 0 aromatic heterocycles. The first-order valence-corrected chi connectivity index (χ1v) is 11.4. The van der Waals surface area contributed by atoms with Crippen molar-refractivity contribution < 1.29 is 19.1 Å². The number of ketones is 1. The van der Waals surface area contributed by atoms with E-state index in [2.05, 4.69) is 0 Å². The summed E-state index contributed by atoms with van der Waals surface area (Å²) in [6.45, 7) is 1.63. The molecule has 0 radical (unpaired) electrons. The fourth-order valence-electron chi connectivity index (χ4n) is 4.63. The Hall–Kier alpha value is -3.60. The Labute approximate surface area is 193 Å². The van der Waals surface area contributed by atoms with Crippen LogP contribution in [0.3, 0.4) is 0 Å². The van der Waals surface area contributed by atoms with Crippen LogP contribution in [0.25, 0.3) is 0 Å². The summed E-state index contributed by atoms with van der Waals surface area (Å²) in [6.07, 6.45) is 2.12. The molecular weight excluding hydrogens is 414 g/mol. The molecule has 0 aliphatic carbocycles. The average Bonchev–Trinajstić information content (AvgIpc) is 3.25. The SMILES string of the molecule is O=C1CC2(CCN(C(=O)CCc3ccc(OCc4ccccc4)cc3)C2)Oc2ccccc21. The van der Waals surface area contributed by atoms with Gasteiger partial charge in [-0.1, -0.05) is 54.6 Å². The number of nitrogens with zero attached hydrogens (tertiary/aromatic N) is 1. The molecule has 1 amide bonds. The Kier molecular flexibility index (Phi) is 5.86. The van der Waals surface area contributed by atoms with Gasteiger partial charge in [0.25, 0.3) is 0 Å². The van der Waals surface area contributed by atoms with Gasteiger partial charge in [0, 0.05) is 19.4 Å². The van der Waals surface area contributed by atoms with Crippen molar-refractivity contribution in [2.24, 2.45) is 0 Å². The summed E-state index contributed by atoms with van der Waals surface area (Å²) in [5, 5.41) is 0. The number of rotatable bonds is 6. The fraction of sp³-hybridized carbons (Fsp3) is 0.286. The van der Waals surface area contributed by atoms with E-state index in [9.17, 15) is 9.59 Å². The summed E-state index contributed by atoms with van der Waals surface area (Å²) in [7, 11) is 0. The highest BCUT2D eigenvalue weighted by Crippen LogP contribution is 2.38. The number of hydrogen-bond donors (Lipinski definition) is 0. The molecule has 5 nitrogen and oxygen atoms in total. The van der Waals surface area contributed by atoms with Gasteiger partial charge in [-0.25, -0.2) is 0 Å². The molecule has 1 spiro atoms. The van der Waals surface area contributed by atoms with Crippen molar-refractivity contribution in [1.82, 2.24) is 4.90 Å². The van der Waals surface area contributed by atoms with E-state index in [0.29, 0.717) is 56.7 Å². The lowest BCUT2D eigenvalue weighted by Gasteiger charge is -2.34. The van der Waals surface area contributed by atoms with Crippen LogP contribution in [0, 0.1) is 0 Å². The van der Waals surface area contributed by atoms with Crippen molar-refractivity contribution >= 4 is 11.7 Å². The number of aryl methyl sites for hydroxylation is 1. The van der Waals surface area contributed by atoms with Gasteiger partial charge >= 0.3 is 0 Å². The summed E-state index contributed by atoms with van der Waals surface area (Å²) in [5.74, 6) is 1.65. The largest absolute Gasteiger partial charge is 0.489 e. The van der Waals surface area contributed by atoms with Crippen LogP contribution >= 0.6 is 0 Å². The average molecular weight is 442 g/mol. The second-order valence-corrected chi connectivity index (χ2v) is 8.86. The van der Waals surface area contributed by atoms with Crippen LogP contribution in [-0.4, -0.2) is 35.3 Å². The third-order valence-electron chi connectivity index (χ3n) is 6.46. The van der Waals surface area contributed by atoms with Gasteiger partial charge in [-0.3, -0.25) is 9.59 Å². The lowest BCUT2D eigenvalue weighted by atomic mass is 9.89. The molecule has 33 heavy (non-hydrogen) atoms. The van der Waals surface area contributed by atoms with Gasteiger partial charge in [0.2, 0.25) is 5.91 Å². The highest BCUT2D eigenvalue weighted by Gasteiger charge is 2.46. The lowest BCUT2D eigenvalue weighted by molar-refractivity contribution is -0.130. The zero-order chi connectivity index (χ0) is 22.7. The van der Waals surface area contributed by atoms with E-state index in [4.69, 9.17) is 9.47 Å². The van der Waals surface area contributed by atoms with Crippen molar-refractivity contribution in [2.75, 3.05) is 13.1 Å². The van der Waals surface area contributed by atoms with E-state index >= 15 is 0 Å². The normalized spacial score (nSPS) is 19.3. The monoisotopic (exact) mass is 441 g/mol. The molecule has 2 aliphatic rings. The highest BCUT2D eigenvalue weighted by molar-refractivity contribution is 6.00. The molecule has 0 N–H and O–H groups in total. The quantitative estimate of drug-likeness (QED) is 0.550. The summed E-state index contributed by atoms with van der Waals surface area (Å²) in [5.41, 5.74) is 2.29. The molecule has 5 rings (SSSR count). The standard InChI is InChI=1S/C28H27NO4/c30-25-18-28(33-26-9-5-4-8-24(25)26)16-17-29(20-28)27(31)15-12-21-10-13-23(14-11-21)32-19-22-6-2-1-3-7-22/h1-11,13-14H,12,15-20H2. The Balaban J connectivity index is 1.13. The first kappa shape index (κ1) is 21.3. The van der Waals surface area contributed by atoms with Crippen molar-refractivity contribution in [1.29, 1.82) is 0 Å². The third-order valence-corrected chi connectivity index (χ3v) is 6.46. The minimum absolute atomic E-state index is 0.0979. The molecule has 3 aromatic rings. The summed E-state index contributed by atoms with van der Waals surface area (Å²) < 4.78 is 12.1. The van der Waals surface area contributed by atoms with Crippen molar-refractivity contribution in [3.63, 3.8) is 0 Å². The van der Waals surface area contributed by atoms with Crippen LogP contribution < -0.4 is 9.47 Å². The maximum atomic E-state index is 12.9. The Morgan fingerprint density at radius 2 is 1.70 bits per heavy atom. The number of benzene rings is 3. The number of likely N-dealkylation sites (tertiary alicyclic amines) is 1. The first-order chi connectivity index (χ1) is 16.1. The smallest absolute Gasteiger partial charge is 0.223 e. The maximum absolute atomic E-state index is 12.9. The number of ether oxygens (including phenoxy) is 2. The number of hydrogen-bond acceptors (Lipinski definition) is 4. The second kappa shape index (κ2) is 9.10. The molecule has 2 aliphatic heterocycles. The Morgan fingerprint density at radius 3 is 2.52 bits per heavy atom. The molecule has 1 saturated heterocycles. The predicted octanol–water partition coefficient (Wildman–Crippen LogP) is 4.83. The Bertz CT molecular complexity index is 1140. The van der Waals surface area contributed by atoms with E-state index < -0.39 is 5.60 Å². The molecule has 1 fully saturated rings. The zero-order valence-corrected chi connectivity index (χ0v) is 18.5. The van der Waals surface area contributed by atoms with Gasteiger partial charge in [-0.05, 0) is 41.8 Å². The first-order valence-electron chi connectivity index (χ1n) is 11.4. The fourth-order valence-corrected chi connectivity index (χ4v) is 4.63. The van der Waals surface area contributed by atoms with Gasteiger partial charge in [0.05, 0.1) is 18.5 Å². The van der Waals surface area contributed by atoms with Gasteiger partial charge in [0.15, 0.2) is 5.78 Å². The maximum Gasteiger partial charge on any atom is 0.223 e. The van der Waals surface area contributed by atoms with Crippen molar-refractivity contribution in [3.05, 3.63) is 95.6 Å². The molecule has 1 atom stereocenters. The summed E-state index contributed by atoms with van der Waals surface area (Å²) >= 11 is 0. The molecule has 168 valence electrons. The van der Waals surface area contributed by atoms with E-state index in [0.717, 1.165) is 16.9 Å². The van der Waals surface area contributed by atoms with Gasteiger partial charge < -0.3 is 14.4 Å². The molecule has 0 saturated carbocycles. The number of amides is 1. The summed E-state index contributed by atoms with van der Waals surface area (Å²) in [6, 6.07) is 25.4.